The lowest BCUT2D eigenvalue weighted by Crippen LogP contribution is -2.51. The highest BCUT2D eigenvalue weighted by Gasteiger charge is 2.61. The zero-order chi connectivity index (χ0) is 27.1. The molecule has 12 heteroatoms. The van der Waals surface area contributed by atoms with Gasteiger partial charge in [-0.2, -0.15) is 13.2 Å². The maximum Gasteiger partial charge on any atom is 0.416 e. The lowest BCUT2D eigenvalue weighted by Gasteiger charge is -2.35. The minimum absolute atomic E-state index is 0.0482. The van der Waals surface area contributed by atoms with Crippen LogP contribution in [-0.2, 0) is 25.7 Å². The summed E-state index contributed by atoms with van der Waals surface area (Å²) in [5, 5.41) is 0.896. The molecule has 2 atom stereocenters. The van der Waals surface area contributed by atoms with Gasteiger partial charge in [-0.1, -0.05) is 18.2 Å². The Morgan fingerprint density at radius 2 is 2.03 bits per heavy atom. The molecule has 0 saturated heterocycles. The van der Waals surface area contributed by atoms with Crippen LogP contribution < -0.4 is 15.3 Å². The van der Waals surface area contributed by atoms with Crippen molar-refractivity contribution in [2.75, 3.05) is 11.4 Å². The van der Waals surface area contributed by atoms with Gasteiger partial charge in [-0.15, -0.1) is 16.1 Å². The summed E-state index contributed by atoms with van der Waals surface area (Å²) in [6.07, 6.45) is -1.66. The molecule has 7 rings (SSSR count). The molecule has 1 saturated carbocycles. The zero-order valence-corrected chi connectivity index (χ0v) is 21.6. The second-order valence-electron chi connectivity index (χ2n) is 10.4. The summed E-state index contributed by atoms with van der Waals surface area (Å²) in [6.45, 7) is 2.71. The van der Waals surface area contributed by atoms with Gasteiger partial charge in [0.05, 0.1) is 34.3 Å². The maximum absolute atomic E-state index is 13.7. The van der Waals surface area contributed by atoms with E-state index in [-0.39, 0.29) is 30.6 Å². The van der Waals surface area contributed by atoms with Crippen LogP contribution in [0, 0.1) is 0 Å². The molecule has 0 bridgehead atoms. The summed E-state index contributed by atoms with van der Waals surface area (Å²) < 4.78 is 40.3. The van der Waals surface area contributed by atoms with Crippen LogP contribution in [0.25, 0.3) is 10.2 Å². The number of halogens is 3. The average molecular weight is 554 g/mol. The molecule has 8 nitrogen and oxygen atoms in total. The van der Waals surface area contributed by atoms with Crippen LogP contribution in [0.1, 0.15) is 45.4 Å². The zero-order valence-electron chi connectivity index (χ0n) is 20.7. The number of carbonyl (C=O) groups excluding carboxylic acids is 1. The Balaban J connectivity index is 1.19. The molecule has 3 aromatic heterocycles. The number of rotatable bonds is 3. The highest BCUT2D eigenvalue weighted by atomic mass is 32.1. The molecule has 1 amide bonds. The van der Waals surface area contributed by atoms with Gasteiger partial charge in [-0.05, 0) is 36.8 Å². The van der Waals surface area contributed by atoms with Gasteiger partial charge in [0.1, 0.15) is 4.83 Å². The van der Waals surface area contributed by atoms with Crippen molar-refractivity contribution < 1.29 is 22.8 Å². The smallest absolute Gasteiger partial charge is 0.399 e. The first kappa shape index (κ1) is 24.1. The summed E-state index contributed by atoms with van der Waals surface area (Å²) in [5.74, 6) is 0.179. The molecule has 1 fully saturated rings. The largest absolute Gasteiger partial charge is 0.416 e. The van der Waals surface area contributed by atoms with Gasteiger partial charge in [0, 0.05) is 37.5 Å². The number of aromatic nitrogens is 3. The fourth-order valence-corrected chi connectivity index (χ4v) is 6.37. The first-order valence-electron chi connectivity index (χ1n) is 12.5. The van der Waals surface area contributed by atoms with Crippen LogP contribution in [0.2, 0.25) is 0 Å². The van der Waals surface area contributed by atoms with E-state index in [0.717, 1.165) is 22.3 Å². The Hall–Kier alpha value is -3.93. The molecule has 5 heterocycles. The normalized spacial score (nSPS) is 21.7. The predicted octanol–water partition coefficient (Wildman–Crippen LogP) is 4.05. The maximum atomic E-state index is 13.7. The monoisotopic (exact) mass is 553 g/mol. The van der Waals surface area contributed by atoms with Gasteiger partial charge in [-0.3, -0.25) is 9.59 Å². The van der Waals surface area contributed by atoms with Crippen molar-refractivity contribution >= 4 is 33.4 Å². The predicted molar refractivity (Wildman–Crippen MR) is 138 cm³/mol. The van der Waals surface area contributed by atoms with Gasteiger partial charge in [0.25, 0.3) is 11.5 Å². The molecule has 39 heavy (non-hydrogen) atoms. The van der Waals surface area contributed by atoms with E-state index < -0.39 is 17.3 Å². The van der Waals surface area contributed by atoms with Crippen molar-refractivity contribution in [3.05, 3.63) is 86.3 Å². The van der Waals surface area contributed by atoms with E-state index in [0.29, 0.717) is 47.0 Å². The number of hydrogen-bond acceptors (Lipinski definition) is 7. The molecule has 1 aromatic carbocycles. The highest BCUT2D eigenvalue weighted by Crippen LogP contribution is 2.47. The quantitative estimate of drug-likeness (QED) is 0.381. The summed E-state index contributed by atoms with van der Waals surface area (Å²) in [6, 6.07) is 10.5. The molecule has 1 aliphatic carbocycles. The molecular formula is C27H22F3N5O3S. The molecule has 4 aromatic rings. The summed E-state index contributed by atoms with van der Waals surface area (Å²) in [7, 11) is 0. The van der Waals surface area contributed by atoms with E-state index in [2.05, 4.69) is 4.98 Å². The number of anilines is 1. The van der Waals surface area contributed by atoms with Crippen molar-refractivity contribution in [3.63, 3.8) is 0 Å². The van der Waals surface area contributed by atoms with E-state index >= 15 is 0 Å². The summed E-state index contributed by atoms with van der Waals surface area (Å²) >= 11 is 1.32. The third-order valence-corrected chi connectivity index (χ3v) is 8.72. The van der Waals surface area contributed by atoms with Gasteiger partial charge in [0.2, 0.25) is 5.95 Å². The van der Waals surface area contributed by atoms with Gasteiger partial charge < -0.3 is 14.6 Å². The van der Waals surface area contributed by atoms with Crippen molar-refractivity contribution in [1.82, 2.24) is 19.6 Å². The van der Waals surface area contributed by atoms with E-state index in [4.69, 9.17) is 9.82 Å². The van der Waals surface area contributed by atoms with Crippen molar-refractivity contribution in [1.29, 1.82) is 0 Å². The Morgan fingerprint density at radius 1 is 1.23 bits per heavy atom. The van der Waals surface area contributed by atoms with Crippen LogP contribution in [-0.4, -0.2) is 43.7 Å². The number of benzene rings is 1. The van der Waals surface area contributed by atoms with Crippen LogP contribution in [0.4, 0.5) is 19.1 Å². The average Bonchev–Trinajstić information content (AvgIpc) is 3.41. The van der Waals surface area contributed by atoms with E-state index in [9.17, 15) is 22.8 Å². The molecular weight excluding hydrogens is 531 g/mol. The highest BCUT2D eigenvalue weighted by molar-refractivity contribution is 7.20. The van der Waals surface area contributed by atoms with E-state index in [1.165, 1.54) is 28.2 Å². The minimum Gasteiger partial charge on any atom is -0.399 e. The van der Waals surface area contributed by atoms with Gasteiger partial charge in [0.15, 0.2) is 5.60 Å². The van der Waals surface area contributed by atoms with E-state index in [1.54, 1.807) is 11.1 Å². The third kappa shape index (κ3) is 3.96. The van der Waals surface area contributed by atoms with Crippen molar-refractivity contribution in [2.45, 2.75) is 50.7 Å². The first-order valence-corrected chi connectivity index (χ1v) is 13.3. The molecule has 2 aliphatic heterocycles. The Morgan fingerprint density at radius 3 is 2.77 bits per heavy atom. The number of alkyl halides is 3. The number of fused-ring (bicyclic) bond motifs is 4. The number of pyridine rings is 1. The van der Waals surface area contributed by atoms with Crippen LogP contribution in [0.5, 0.6) is 0 Å². The molecule has 0 N–H and O–H groups in total. The molecule has 3 aliphatic rings. The van der Waals surface area contributed by atoms with Crippen LogP contribution in [0.15, 0.2) is 53.5 Å². The summed E-state index contributed by atoms with van der Waals surface area (Å²) in [4.78, 5) is 47.1. The minimum atomic E-state index is -4.41. The van der Waals surface area contributed by atoms with Crippen LogP contribution >= 0.6 is 11.3 Å². The fraction of sp³-hybridized carbons (Fsp3) is 0.333. The second kappa shape index (κ2) is 8.28. The van der Waals surface area contributed by atoms with Crippen molar-refractivity contribution in [2.24, 2.45) is 0 Å². The van der Waals surface area contributed by atoms with E-state index in [1.807, 2.05) is 30.0 Å². The van der Waals surface area contributed by atoms with Crippen LogP contribution in [0.3, 0.4) is 0 Å². The topological polar surface area (TPSA) is 80.6 Å². The SMILES string of the molecule is CC12CC1N(Cc1ccc(C(F)(F)F)cc1)c1nc3c(c(=O)n1O2)CN(C(=O)c1cc2cccnc2s1)CC3. The number of nitrogens with zero attached hydrogens (tertiary/aromatic N) is 5. The van der Waals surface area contributed by atoms with Crippen molar-refractivity contribution in [3.8, 4) is 0 Å². The molecule has 0 spiro atoms. The lowest BCUT2D eigenvalue weighted by molar-refractivity contribution is -0.137. The number of thiophene rings is 1. The Bertz CT molecular complexity index is 1670. The Labute approximate surface area is 224 Å². The number of amides is 1. The standard InChI is InChI=1S/C27H22F3N5O3S/c1-26-12-21(26)34(13-15-4-6-17(7-5-15)27(28,29)30)25-32-19-8-10-33(14-18(19)23(36)35(25)38-26)24(37)20-11-16-3-2-9-31-22(16)39-20/h2-7,9,11,21H,8,10,12-14H2,1H3. The molecule has 0 radical (unpaired) electrons. The third-order valence-electron chi connectivity index (χ3n) is 7.68. The number of hydrogen-bond donors (Lipinski definition) is 0. The number of carbonyl (C=O) groups is 1. The van der Waals surface area contributed by atoms with Gasteiger partial charge in [-0.25, -0.2) is 9.97 Å². The molecule has 2 unspecified atom stereocenters. The Kier molecular flexibility index (Phi) is 5.13. The summed E-state index contributed by atoms with van der Waals surface area (Å²) in [5.41, 5.74) is 0.0156. The molecule has 200 valence electrons. The lowest BCUT2D eigenvalue weighted by atomic mass is 10.1. The first-order chi connectivity index (χ1) is 18.6. The second-order valence-corrected chi connectivity index (χ2v) is 11.4. The van der Waals surface area contributed by atoms with Gasteiger partial charge >= 0.3 is 6.18 Å². The fourth-order valence-electron chi connectivity index (χ4n) is 5.41.